The summed E-state index contributed by atoms with van der Waals surface area (Å²) in [5, 5.41) is 6.02. The lowest BCUT2D eigenvalue weighted by atomic mass is 10.0. The third-order valence-corrected chi connectivity index (χ3v) is 14.7. The highest BCUT2D eigenvalue weighted by Crippen LogP contribution is 2.18. The fraction of sp³-hybridized carbons (Fsp3) is 0.970. The smallest absolute Gasteiger partial charge is 0.305 e. The highest BCUT2D eigenvalue weighted by molar-refractivity contribution is 5.75. The standard InChI is InChI=1S/C38H78.C26H52N2O3.2CH4/c1-3-5-7-9-11-13-15-17-19-21-23-25-27-29-31-33-35-37-38-36-34-32-30-28-26-24-22-20-18-16-14-12-10-8-6-4-2;1-3-4-5-6-7-8-9-12-15-18-24-31-26(30)21-17-14-11-10-13-16-20-25(29)28-23-19-22-27-2;;/h3-38H2,1-2H3;27H,3-24H2,1-2H3,(H,28,29);2*1H4. The number of rotatable bonds is 59. The van der Waals surface area contributed by atoms with Crippen LogP contribution in [0.4, 0.5) is 0 Å². The molecule has 0 saturated heterocycles. The van der Waals surface area contributed by atoms with Gasteiger partial charge in [0.1, 0.15) is 0 Å². The molecule has 0 heterocycles. The molecule has 0 atom stereocenters. The summed E-state index contributed by atoms with van der Waals surface area (Å²) < 4.78 is 5.35. The third-order valence-electron chi connectivity index (χ3n) is 14.7. The highest BCUT2D eigenvalue weighted by Gasteiger charge is 2.04. The van der Waals surface area contributed by atoms with Crippen molar-refractivity contribution in [2.24, 2.45) is 0 Å². The lowest BCUT2D eigenvalue weighted by Crippen LogP contribution is -2.26. The zero-order valence-electron chi connectivity index (χ0n) is 48.2. The van der Waals surface area contributed by atoms with Crippen LogP contribution in [0.15, 0.2) is 0 Å². The maximum Gasteiger partial charge on any atom is 0.305 e. The van der Waals surface area contributed by atoms with Crippen LogP contribution in [-0.4, -0.2) is 38.6 Å². The summed E-state index contributed by atoms with van der Waals surface area (Å²) in [5.74, 6) is 0.132. The number of amides is 1. The fourth-order valence-electron chi connectivity index (χ4n) is 9.85. The number of esters is 1. The van der Waals surface area contributed by atoms with Crippen molar-refractivity contribution in [1.82, 2.24) is 10.6 Å². The largest absolute Gasteiger partial charge is 0.466 e. The van der Waals surface area contributed by atoms with Gasteiger partial charge in [0, 0.05) is 19.4 Å². The maximum absolute atomic E-state index is 11.8. The van der Waals surface area contributed by atoms with Crippen LogP contribution in [0.3, 0.4) is 0 Å². The first kappa shape index (κ1) is 76.4. The van der Waals surface area contributed by atoms with Gasteiger partial charge in [0.25, 0.3) is 0 Å². The summed E-state index contributed by atoms with van der Waals surface area (Å²) in [7, 11) is 1.92. The van der Waals surface area contributed by atoms with Crippen molar-refractivity contribution in [2.45, 2.75) is 389 Å². The molecule has 71 heavy (non-hydrogen) atoms. The van der Waals surface area contributed by atoms with Crippen LogP contribution in [-0.2, 0) is 14.3 Å². The molecule has 0 rings (SSSR count). The normalized spacial score (nSPS) is 10.9. The first-order chi connectivity index (χ1) is 34.1. The number of carbonyl (C=O) groups is 2. The third kappa shape index (κ3) is 75.5. The average molecular weight is 1010 g/mol. The zero-order valence-corrected chi connectivity index (χ0v) is 48.2. The van der Waals surface area contributed by atoms with E-state index in [9.17, 15) is 9.59 Å². The molecule has 0 fully saturated rings. The van der Waals surface area contributed by atoms with Crippen LogP contribution >= 0.6 is 0 Å². The Labute approximate surface area is 450 Å². The molecule has 0 radical (unpaired) electrons. The molecule has 0 aromatic rings. The van der Waals surface area contributed by atoms with E-state index in [-0.39, 0.29) is 26.7 Å². The van der Waals surface area contributed by atoms with Crippen molar-refractivity contribution in [1.29, 1.82) is 0 Å². The van der Waals surface area contributed by atoms with Crippen molar-refractivity contribution in [3.8, 4) is 0 Å². The van der Waals surface area contributed by atoms with E-state index < -0.39 is 0 Å². The highest BCUT2D eigenvalue weighted by atomic mass is 16.5. The zero-order chi connectivity index (χ0) is 50.3. The van der Waals surface area contributed by atoms with Gasteiger partial charge in [-0.15, -0.1) is 0 Å². The molecule has 430 valence electrons. The van der Waals surface area contributed by atoms with Crippen LogP contribution in [0, 0.1) is 0 Å². The average Bonchev–Trinajstić information content (AvgIpc) is 3.35. The molecule has 5 heteroatoms. The summed E-state index contributed by atoms with van der Waals surface area (Å²) in [5.41, 5.74) is 0. The minimum atomic E-state index is -0.0362. The van der Waals surface area contributed by atoms with Gasteiger partial charge >= 0.3 is 5.97 Å². The van der Waals surface area contributed by atoms with Crippen molar-refractivity contribution >= 4 is 11.9 Å². The number of nitrogens with one attached hydrogen (secondary N) is 2. The SMILES string of the molecule is C.C.CCCCCCCCCCCCCCCCCCCCCCCCCCCCCCCCCCCCCC.CCCCCCCCCCCCOC(=O)CCCCCCCCC(=O)NCCCNC. The van der Waals surface area contributed by atoms with E-state index in [4.69, 9.17) is 4.74 Å². The molecule has 0 aliphatic carbocycles. The van der Waals surface area contributed by atoms with Gasteiger partial charge < -0.3 is 15.4 Å². The van der Waals surface area contributed by atoms with E-state index in [2.05, 4.69) is 31.4 Å². The Morgan fingerprint density at radius 1 is 0.282 bits per heavy atom. The first-order valence-electron chi connectivity index (χ1n) is 32.2. The van der Waals surface area contributed by atoms with Gasteiger partial charge in [0.2, 0.25) is 5.91 Å². The monoisotopic (exact) mass is 1010 g/mol. The summed E-state index contributed by atoms with van der Waals surface area (Å²) in [6, 6.07) is 0. The van der Waals surface area contributed by atoms with Gasteiger partial charge in [0.15, 0.2) is 0 Å². The molecule has 0 spiro atoms. The molecule has 1 amide bonds. The topological polar surface area (TPSA) is 67.4 Å². The molecular weight excluding hydrogens is 869 g/mol. The second-order valence-corrected chi connectivity index (χ2v) is 21.9. The fourth-order valence-corrected chi connectivity index (χ4v) is 9.85. The second kappa shape index (κ2) is 73.1. The summed E-state index contributed by atoms with van der Waals surface area (Å²) in [6.45, 7) is 9.16. The summed E-state index contributed by atoms with van der Waals surface area (Å²) in [6.07, 6.45) is 74.8. The molecule has 0 aliphatic heterocycles. The molecule has 0 bridgehead atoms. The molecule has 0 unspecified atom stereocenters. The molecule has 0 aliphatic rings. The summed E-state index contributed by atoms with van der Waals surface area (Å²) >= 11 is 0. The Kier molecular flexibility index (Phi) is 78.7. The second-order valence-electron chi connectivity index (χ2n) is 21.9. The number of hydrogen-bond acceptors (Lipinski definition) is 4. The van der Waals surface area contributed by atoms with E-state index >= 15 is 0 Å². The van der Waals surface area contributed by atoms with Crippen LogP contribution in [0.5, 0.6) is 0 Å². The van der Waals surface area contributed by atoms with Gasteiger partial charge in [-0.3, -0.25) is 9.59 Å². The van der Waals surface area contributed by atoms with Crippen LogP contribution in [0.25, 0.3) is 0 Å². The van der Waals surface area contributed by atoms with Crippen molar-refractivity contribution < 1.29 is 14.3 Å². The Hall–Kier alpha value is -1.10. The first-order valence-corrected chi connectivity index (χ1v) is 32.2. The number of ether oxygens (including phenoxy) is 1. The molecule has 5 nitrogen and oxygen atoms in total. The predicted octanol–water partition coefficient (Wildman–Crippen LogP) is 22.6. The van der Waals surface area contributed by atoms with Gasteiger partial charge in [0.05, 0.1) is 6.61 Å². The predicted molar refractivity (Wildman–Crippen MR) is 322 cm³/mol. The molecule has 0 saturated carbocycles. The molecule has 0 aromatic heterocycles. The number of carbonyl (C=O) groups excluding carboxylic acids is 2. The van der Waals surface area contributed by atoms with Gasteiger partial charge in [-0.1, -0.05) is 350 Å². The lowest BCUT2D eigenvalue weighted by Gasteiger charge is -2.06. The van der Waals surface area contributed by atoms with E-state index in [1.807, 2.05) is 7.05 Å². The van der Waals surface area contributed by atoms with E-state index in [0.717, 1.165) is 64.5 Å². The minimum Gasteiger partial charge on any atom is -0.466 e. The van der Waals surface area contributed by atoms with Crippen molar-refractivity contribution in [3.05, 3.63) is 0 Å². The van der Waals surface area contributed by atoms with Crippen molar-refractivity contribution in [2.75, 3.05) is 26.7 Å². The van der Waals surface area contributed by atoms with Gasteiger partial charge in [-0.2, -0.15) is 0 Å². The minimum absolute atomic E-state index is 0. The Balaban J connectivity index is -0.000000627. The van der Waals surface area contributed by atoms with Crippen molar-refractivity contribution in [3.63, 3.8) is 0 Å². The number of hydrogen-bond donors (Lipinski definition) is 2. The quantitative estimate of drug-likeness (QED) is 0.0471. The summed E-state index contributed by atoms with van der Waals surface area (Å²) in [4.78, 5) is 23.4. The Morgan fingerprint density at radius 2 is 0.507 bits per heavy atom. The van der Waals surface area contributed by atoms with Gasteiger partial charge in [-0.25, -0.2) is 0 Å². The van der Waals surface area contributed by atoms with Crippen LogP contribution in [0.2, 0.25) is 0 Å². The number of unbranched alkanes of at least 4 members (excludes halogenated alkanes) is 49. The van der Waals surface area contributed by atoms with Crippen LogP contribution < -0.4 is 10.6 Å². The van der Waals surface area contributed by atoms with E-state index in [0.29, 0.717) is 19.4 Å². The van der Waals surface area contributed by atoms with E-state index in [1.54, 1.807) is 0 Å². The van der Waals surface area contributed by atoms with E-state index in [1.165, 1.54) is 289 Å². The Morgan fingerprint density at radius 3 is 0.761 bits per heavy atom. The molecule has 0 aromatic carbocycles. The van der Waals surface area contributed by atoms with Gasteiger partial charge in [-0.05, 0) is 39.3 Å². The Bertz CT molecular complexity index is 891. The maximum atomic E-state index is 11.8. The lowest BCUT2D eigenvalue weighted by molar-refractivity contribution is -0.143. The molecule has 2 N–H and O–H groups in total. The molecular formula is C66H138N2O3. The van der Waals surface area contributed by atoms with Crippen LogP contribution in [0.1, 0.15) is 389 Å².